The average Bonchev–Trinajstić information content (AvgIpc) is 2.87. The van der Waals surface area contributed by atoms with E-state index in [1.807, 2.05) is 31.1 Å². The summed E-state index contributed by atoms with van der Waals surface area (Å²) >= 11 is 0. The van der Waals surface area contributed by atoms with Crippen LogP contribution in [0.4, 0.5) is 5.82 Å². The van der Waals surface area contributed by atoms with Gasteiger partial charge < -0.3 is 14.9 Å². The first-order valence-electron chi connectivity index (χ1n) is 6.17. The molecule has 0 radical (unpaired) electrons. The Kier molecular flexibility index (Phi) is 3.81. The minimum atomic E-state index is -0.415. The number of aliphatic hydroxyl groups excluding tert-OH is 1. The number of hydrogen-bond acceptors (Lipinski definition) is 4. The molecule has 0 saturated carbocycles. The Balaban J connectivity index is 2.24. The summed E-state index contributed by atoms with van der Waals surface area (Å²) in [5.74, 6) is 0.691. The van der Waals surface area contributed by atoms with E-state index in [4.69, 9.17) is 5.11 Å². The lowest BCUT2D eigenvalue weighted by Crippen LogP contribution is -2.32. The summed E-state index contributed by atoms with van der Waals surface area (Å²) < 4.78 is 0. The predicted octanol–water partition coefficient (Wildman–Crippen LogP) is 0.803. The third-order valence-corrected chi connectivity index (χ3v) is 3.32. The van der Waals surface area contributed by atoms with Gasteiger partial charge in [0.1, 0.15) is 12.4 Å². The Hall–Kier alpha value is -1.62. The van der Waals surface area contributed by atoms with E-state index in [0.29, 0.717) is 0 Å². The molecule has 2 heterocycles. The van der Waals surface area contributed by atoms with Crippen LogP contribution in [0.3, 0.4) is 0 Å². The highest BCUT2D eigenvalue weighted by atomic mass is 16.3. The first kappa shape index (κ1) is 12.8. The molecule has 1 aliphatic rings. The summed E-state index contributed by atoms with van der Waals surface area (Å²) in [7, 11) is 3.88. The van der Waals surface area contributed by atoms with Gasteiger partial charge in [-0.15, -0.1) is 0 Å². The van der Waals surface area contributed by atoms with Crippen LogP contribution < -0.4 is 4.90 Å². The molecule has 1 atom stereocenters. The molecule has 1 saturated heterocycles. The van der Waals surface area contributed by atoms with Gasteiger partial charge in [0.2, 0.25) is 5.91 Å². The van der Waals surface area contributed by atoms with Crippen molar-refractivity contribution in [1.29, 1.82) is 0 Å². The Morgan fingerprint density at radius 3 is 3.06 bits per heavy atom. The molecule has 1 N–H and O–H groups in total. The van der Waals surface area contributed by atoms with Crippen LogP contribution in [0.2, 0.25) is 0 Å². The van der Waals surface area contributed by atoms with Gasteiger partial charge >= 0.3 is 0 Å². The minimum absolute atomic E-state index is 0.0753. The van der Waals surface area contributed by atoms with Gasteiger partial charge in [0.15, 0.2) is 0 Å². The first-order valence-corrected chi connectivity index (χ1v) is 6.17. The van der Waals surface area contributed by atoms with Crippen molar-refractivity contribution in [2.75, 3.05) is 32.1 Å². The number of amides is 1. The van der Waals surface area contributed by atoms with Gasteiger partial charge in [0.25, 0.3) is 0 Å². The lowest BCUT2D eigenvalue weighted by atomic mass is 10.1. The molecule has 1 aromatic heterocycles. The number of aliphatic hydroxyl groups is 1. The second kappa shape index (κ2) is 5.35. The van der Waals surface area contributed by atoms with E-state index in [1.54, 1.807) is 11.1 Å². The van der Waals surface area contributed by atoms with Crippen LogP contribution in [-0.4, -0.2) is 48.1 Å². The maximum atomic E-state index is 11.7. The van der Waals surface area contributed by atoms with E-state index in [1.165, 1.54) is 0 Å². The van der Waals surface area contributed by atoms with E-state index in [-0.39, 0.29) is 11.9 Å². The molecule has 98 valence electrons. The number of carbonyl (C=O) groups is 1. The normalized spacial score (nSPS) is 19.1. The van der Waals surface area contributed by atoms with Gasteiger partial charge in [0.05, 0.1) is 6.04 Å². The van der Waals surface area contributed by atoms with Crippen LogP contribution >= 0.6 is 0 Å². The van der Waals surface area contributed by atoms with Gasteiger partial charge in [-0.2, -0.15) is 0 Å². The molecular formula is C13H19N3O2. The van der Waals surface area contributed by atoms with Gasteiger partial charge in [-0.1, -0.05) is 0 Å². The van der Waals surface area contributed by atoms with E-state index in [2.05, 4.69) is 4.98 Å². The third-order valence-electron chi connectivity index (χ3n) is 3.32. The zero-order valence-electron chi connectivity index (χ0n) is 10.8. The Morgan fingerprint density at radius 1 is 1.61 bits per heavy atom. The highest BCUT2D eigenvalue weighted by Crippen LogP contribution is 2.32. The zero-order chi connectivity index (χ0) is 13.1. The maximum absolute atomic E-state index is 11.7. The fraction of sp³-hybridized carbons (Fsp3) is 0.538. The standard InChI is InChI=1S/C13H19N3O2/c1-15(2)12-8-10(5-6-14-12)11-4-3-7-16(11)13(18)9-17/h5-6,8,11,17H,3-4,7,9H2,1-2H3. The van der Waals surface area contributed by atoms with Crippen LogP contribution in [0, 0.1) is 0 Å². The first-order chi connectivity index (χ1) is 8.63. The summed E-state index contributed by atoms with van der Waals surface area (Å²) in [6.45, 7) is 0.311. The quantitative estimate of drug-likeness (QED) is 0.861. The van der Waals surface area contributed by atoms with Crippen molar-refractivity contribution in [2.45, 2.75) is 18.9 Å². The zero-order valence-corrected chi connectivity index (χ0v) is 10.8. The number of carbonyl (C=O) groups excluding carboxylic acids is 1. The molecule has 2 rings (SSSR count). The van der Waals surface area contributed by atoms with E-state index < -0.39 is 6.61 Å². The molecule has 0 aliphatic carbocycles. The maximum Gasteiger partial charge on any atom is 0.248 e. The SMILES string of the molecule is CN(C)c1cc(C2CCCN2C(=O)CO)ccn1. The number of nitrogens with zero attached hydrogens (tertiary/aromatic N) is 3. The van der Waals surface area contributed by atoms with Crippen LogP contribution in [0.15, 0.2) is 18.3 Å². The van der Waals surface area contributed by atoms with E-state index in [9.17, 15) is 4.79 Å². The van der Waals surface area contributed by atoms with Crippen molar-refractivity contribution >= 4 is 11.7 Å². The van der Waals surface area contributed by atoms with Gasteiger partial charge in [-0.25, -0.2) is 4.98 Å². The highest BCUT2D eigenvalue weighted by molar-refractivity contribution is 5.78. The van der Waals surface area contributed by atoms with Crippen LogP contribution in [0.1, 0.15) is 24.4 Å². The molecule has 1 aromatic rings. The molecule has 0 aromatic carbocycles. The topological polar surface area (TPSA) is 56.7 Å². The lowest BCUT2D eigenvalue weighted by Gasteiger charge is -2.25. The van der Waals surface area contributed by atoms with Crippen molar-refractivity contribution in [2.24, 2.45) is 0 Å². The number of rotatable bonds is 3. The smallest absolute Gasteiger partial charge is 0.248 e. The molecule has 1 unspecified atom stereocenters. The molecule has 1 amide bonds. The molecule has 18 heavy (non-hydrogen) atoms. The fourth-order valence-electron chi connectivity index (χ4n) is 2.39. The summed E-state index contributed by atoms with van der Waals surface area (Å²) in [5.41, 5.74) is 1.09. The largest absolute Gasteiger partial charge is 0.387 e. The Bertz CT molecular complexity index is 434. The van der Waals surface area contributed by atoms with Crippen molar-refractivity contribution in [1.82, 2.24) is 9.88 Å². The summed E-state index contributed by atoms with van der Waals surface area (Å²) in [5, 5.41) is 8.99. The van der Waals surface area contributed by atoms with Crippen LogP contribution in [0.5, 0.6) is 0 Å². The molecule has 0 spiro atoms. The fourth-order valence-corrected chi connectivity index (χ4v) is 2.39. The van der Waals surface area contributed by atoms with E-state index >= 15 is 0 Å². The molecule has 1 aliphatic heterocycles. The monoisotopic (exact) mass is 249 g/mol. The number of likely N-dealkylation sites (tertiary alicyclic amines) is 1. The highest BCUT2D eigenvalue weighted by Gasteiger charge is 2.29. The van der Waals surface area contributed by atoms with Crippen LogP contribution in [0.25, 0.3) is 0 Å². The second-order valence-electron chi connectivity index (χ2n) is 4.75. The molecule has 1 fully saturated rings. The van der Waals surface area contributed by atoms with Crippen LogP contribution in [-0.2, 0) is 4.79 Å². The minimum Gasteiger partial charge on any atom is -0.387 e. The van der Waals surface area contributed by atoms with Gasteiger partial charge in [0, 0.05) is 26.8 Å². The molecule has 0 bridgehead atoms. The number of aromatic nitrogens is 1. The number of pyridine rings is 1. The van der Waals surface area contributed by atoms with Crippen molar-refractivity contribution in [3.8, 4) is 0 Å². The number of hydrogen-bond donors (Lipinski definition) is 1. The van der Waals surface area contributed by atoms with Crippen molar-refractivity contribution < 1.29 is 9.90 Å². The van der Waals surface area contributed by atoms with Crippen molar-refractivity contribution in [3.05, 3.63) is 23.9 Å². The van der Waals surface area contributed by atoms with Gasteiger partial charge in [-0.05, 0) is 30.5 Å². The Labute approximate surface area is 107 Å². The number of anilines is 1. The van der Waals surface area contributed by atoms with Gasteiger partial charge in [-0.3, -0.25) is 4.79 Å². The molecular weight excluding hydrogens is 230 g/mol. The molecule has 5 heteroatoms. The summed E-state index contributed by atoms with van der Waals surface area (Å²) in [4.78, 5) is 19.6. The Morgan fingerprint density at radius 2 is 2.39 bits per heavy atom. The molecule has 5 nitrogen and oxygen atoms in total. The second-order valence-corrected chi connectivity index (χ2v) is 4.75. The predicted molar refractivity (Wildman–Crippen MR) is 69.3 cm³/mol. The van der Waals surface area contributed by atoms with E-state index in [0.717, 1.165) is 30.8 Å². The summed E-state index contributed by atoms with van der Waals surface area (Å²) in [6, 6.07) is 4.03. The average molecular weight is 249 g/mol. The summed E-state index contributed by atoms with van der Waals surface area (Å²) in [6.07, 6.45) is 3.70. The lowest BCUT2D eigenvalue weighted by molar-refractivity contribution is -0.135. The van der Waals surface area contributed by atoms with Crippen molar-refractivity contribution in [3.63, 3.8) is 0 Å². The third kappa shape index (κ3) is 2.46.